The molecule has 2 amide bonds. The molecule has 0 aliphatic carbocycles. The highest BCUT2D eigenvalue weighted by molar-refractivity contribution is 5.67. The number of carbonyl (C=O) groups is 2. The van der Waals surface area contributed by atoms with Crippen LogP contribution in [0.3, 0.4) is 0 Å². The zero-order valence-electron chi connectivity index (χ0n) is 17.1. The highest BCUT2D eigenvalue weighted by Gasteiger charge is 2.15. The van der Waals surface area contributed by atoms with Gasteiger partial charge in [0.05, 0.1) is 13.2 Å². The fraction of sp³-hybridized carbons (Fsp3) is 0.706. The third-order valence-corrected chi connectivity index (χ3v) is 3.79. The van der Waals surface area contributed by atoms with Gasteiger partial charge in [0.1, 0.15) is 0 Å². The molecule has 164 valence electrons. The highest BCUT2D eigenvalue weighted by atomic mass is 16.6. The SMILES string of the molecule is CCCOC(=O)NCCn1c(=O)n(CC)c(=O)n(CCNC(=O)OCCC)c1=O. The fourth-order valence-electron chi connectivity index (χ4n) is 2.37. The average molecular weight is 415 g/mol. The predicted octanol–water partition coefficient (Wildman–Crippen LogP) is -0.536. The van der Waals surface area contributed by atoms with Crippen molar-refractivity contribution in [1.29, 1.82) is 0 Å². The Bertz CT molecular complexity index is 791. The zero-order chi connectivity index (χ0) is 21.8. The molecule has 0 saturated heterocycles. The van der Waals surface area contributed by atoms with Crippen LogP contribution in [0, 0.1) is 0 Å². The molecule has 29 heavy (non-hydrogen) atoms. The first-order valence-corrected chi connectivity index (χ1v) is 9.62. The van der Waals surface area contributed by atoms with Crippen LogP contribution >= 0.6 is 0 Å². The lowest BCUT2D eigenvalue weighted by molar-refractivity contribution is 0.145. The van der Waals surface area contributed by atoms with Crippen molar-refractivity contribution in [2.75, 3.05) is 26.3 Å². The fourth-order valence-corrected chi connectivity index (χ4v) is 2.37. The van der Waals surface area contributed by atoms with Crippen molar-refractivity contribution in [3.05, 3.63) is 31.5 Å². The van der Waals surface area contributed by atoms with Crippen LogP contribution in [0.1, 0.15) is 33.6 Å². The van der Waals surface area contributed by atoms with Crippen molar-refractivity contribution >= 4 is 12.2 Å². The van der Waals surface area contributed by atoms with E-state index in [9.17, 15) is 24.0 Å². The highest BCUT2D eigenvalue weighted by Crippen LogP contribution is 1.84. The number of ether oxygens (including phenoxy) is 2. The van der Waals surface area contributed by atoms with Crippen LogP contribution in [0.5, 0.6) is 0 Å². The number of aromatic nitrogens is 3. The standard InChI is InChI=1S/C17H29N5O7/c1-4-11-28-13(23)18-7-9-21-15(25)20(6-3)16(26)22(17(21)27)10-8-19-14(24)29-12-5-2/h4-12H2,1-3H3,(H,18,23)(H,19,24). The summed E-state index contributed by atoms with van der Waals surface area (Å²) in [6.45, 7) is 5.56. The Hall–Kier alpha value is -3.05. The molecule has 2 N–H and O–H groups in total. The third kappa shape index (κ3) is 7.12. The van der Waals surface area contributed by atoms with Gasteiger partial charge in [0.15, 0.2) is 0 Å². The molecule has 1 aromatic rings. The number of amides is 2. The van der Waals surface area contributed by atoms with Crippen molar-refractivity contribution < 1.29 is 19.1 Å². The number of nitrogens with one attached hydrogen (secondary N) is 2. The van der Waals surface area contributed by atoms with Gasteiger partial charge in [-0.25, -0.2) is 37.7 Å². The molecule has 1 aromatic heterocycles. The summed E-state index contributed by atoms with van der Waals surface area (Å²) in [7, 11) is 0. The Balaban J connectivity index is 2.92. The molecule has 12 heteroatoms. The summed E-state index contributed by atoms with van der Waals surface area (Å²) in [5.41, 5.74) is -2.35. The Morgan fingerprint density at radius 1 is 0.724 bits per heavy atom. The minimum Gasteiger partial charge on any atom is -0.450 e. The van der Waals surface area contributed by atoms with E-state index in [2.05, 4.69) is 10.6 Å². The number of rotatable bonds is 11. The van der Waals surface area contributed by atoms with Crippen molar-refractivity contribution in [3.8, 4) is 0 Å². The molecule has 0 atom stereocenters. The van der Waals surface area contributed by atoms with Crippen LogP contribution in [-0.4, -0.2) is 52.2 Å². The molecule has 0 aliphatic heterocycles. The number of carbonyl (C=O) groups excluding carboxylic acids is 2. The molecule has 1 heterocycles. The monoisotopic (exact) mass is 415 g/mol. The molecule has 0 unspecified atom stereocenters. The van der Waals surface area contributed by atoms with E-state index in [0.29, 0.717) is 12.8 Å². The summed E-state index contributed by atoms with van der Waals surface area (Å²) in [5.74, 6) is 0. The molecule has 0 radical (unpaired) electrons. The molecule has 0 bridgehead atoms. The van der Waals surface area contributed by atoms with Gasteiger partial charge in [-0.2, -0.15) is 0 Å². The lowest BCUT2D eigenvalue weighted by atomic mass is 10.5. The second-order valence-electron chi connectivity index (χ2n) is 6.02. The van der Waals surface area contributed by atoms with Gasteiger partial charge in [-0.15, -0.1) is 0 Å². The van der Waals surface area contributed by atoms with Crippen LogP contribution in [0.15, 0.2) is 14.4 Å². The van der Waals surface area contributed by atoms with Gasteiger partial charge in [0.2, 0.25) is 0 Å². The van der Waals surface area contributed by atoms with E-state index < -0.39 is 29.3 Å². The van der Waals surface area contributed by atoms with E-state index >= 15 is 0 Å². The average Bonchev–Trinajstić information content (AvgIpc) is 2.70. The maximum Gasteiger partial charge on any atom is 0.407 e. The second-order valence-corrected chi connectivity index (χ2v) is 6.02. The summed E-state index contributed by atoms with van der Waals surface area (Å²) in [4.78, 5) is 60.4. The Kier molecular flexibility index (Phi) is 10.3. The summed E-state index contributed by atoms with van der Waals surface area (Å²) < 4.78 is 12.3. The maximum atomic E-state index is 12.6. The third-order valence-electron chi connectivity index (χ3n) is 3.79. The first-order valence-electron chi connectivity index (χ1n) is 9.62. The number of alkyl carbamates (subject to hydrolysis) is 2. The minimum atomic E-state index is -0.822. The molecule has 0 fully saturated rings. The summed E-state index contributed by atoms with van der Waals surface area (Å²) in [5, 5.41) is 4.88. The number of nitrogens with zero attached hydrogens (tertiary/aromatic N) is 3. The van der Waals surface area contributed by atoms with Gasteiger partial charge in [0.25, 0.3) is 0 Å². The van der Waals surface area contributed by atoms with E-state index in [1.807, 2.05) is 13.8 Å². The summed E-state index contributed by atoms with van der Waals surface area (Å²) in [6.07, 6.45) is 0.0238. The molecule has 0 aliphatic rings. The van der Waals surface area contributed by atoms with E-state index in [0.717, 1.165) is 13.7 Å². The first kappa shape index (κ1) is 24.0. The Morgan fingerprint density at radius 2 is 1.10 bits per heavy atom. The van der Waals surface area contributed by atoms with Crippen LogP contribution in [0.25, 0.3) is 0 Å². The van der Waals surface area contributed by atoms with Crippen LogP contribution in [0.4, 0.5) is 9.59 Å². The quantitative estimate of drug-likeness (QED) is 0.494. The van der Waals surface area contributed by atoms with Gasteiger partial charge < -0.3 is 20.1 Å². The van der Waals surface area contributed by atoms with E-state index in [-0.39, 0.29) is 45.9 Å². The van der Waals surface area contributed by atoms with Gasteiger partial charge >= 0.3 is 29.3 Å². The Morgan fingerprint density at radius 3 is 1.45 bits per heavy atom. The largest absolute Gasteiger partial charge is 0.450 e. The summed E-state index contributed by atoms with van der Waals surface area (Å²) >= 11 is 0. The van der Waals surface area contributed by atoms with E-state index in [4.69, 9.17) is 9.47 Å². The van der Waals surface area contributed by atoms with Crippen molar-refractivity contribution in [1.82, 2.24) is 24.3 Å². The maximum absolute atomic E-state index is 12.6. The van der Waals surface area contributed by atoms with Crippen LogP contribution in [-0.2, 0) is 29.1 Å². The van der Waals surface area contributed by atoms with Gasteiger partial charge in [-0.3, -0.25) is 0 Å². The van der Waals surface area contributed by atoms with Crippen molar-refractivity contribution in [2.24, 2.45) is 0 Å². The van der Waals surface area contributed by atoms with Crippen LogP contribution in [0.2, 0.25) is 0 Å². The molecule has 0 aromatic carbocycles. The zero-order valence-corrected chi connectivity index (χ0v) is 17.1. The topological polar surface area (TPSA) is 143 Å². The lowest BCUT2D eigenvalue weighted by Gasteiger charge is -2.13. The Labute approximate surface area is 167 Å². The molecule has 12 nitrogen and oxygen atoms in total. The number of hydrogen-bond donors (Lipinski definition) is 2. The summed E-state index contributed by atoms with van der Waals surface area (Å²) in [6, 6.07) is 0. The molecule has 0 spiro atoms. The smallest absolute Gasteiger partial charge is 0.407 e. The normalized spacial score (nSPS) is 10.4. The number of hydrogen-bond acceptors (Lipinski definition) is 7. The van der Waals surface area contributed by atoms with E-state index in [1.54, 1.807) is 6.92 Å². The molecule has 0 saturated carbocycles. The second kappa shape index (κ2) is 12.4. The first-order chi connectivity index (χ1) is 13.9. The predicted molar refractivity (Wildman–Crippen MR) is 104 cm³/mol. The van der Waals surface area contributed by atoms with Crippen molar-refractivity contribution in [3.63, 3.8) is 0 Å². The van der Waals surface area contributed by atoms with Gasteiger partial charge in [0, 0.05) is 32.7 Å². The van der Waals surface area contributed by atoms with E-state index in [1.165, 1.54) is 0 Å². The van der Waals surface area contributed by atoms with Crippen molar-refractivity contribution in [2.45, 2.75) is 53.2 Å². The molecule has 1 rings (SSSR count). The van der Waals surface area contributed by atoms with Gasteiger partial charge in [-0.05, 0) is 19.8 Å². The minimum absolute atomic E-state index is 0.0266. The molecular weight excluding hydrogens is 386 g/mol. The van der Waals surface area contributed by atoms with Gasteiger partial charge in [-0.1, -0.05) is 13.8 Å². The molecular formula is C17H29N5O7. The lowest BCUT2D eigenvalue weighted by Crippen LogP contribution is -2.55. The van der Waals surface area contributed by atoms with Crippen LogP contribution < -0.4 is 27.7 Å².